The third kappa shape index (κ3) is 5.24. The van der Waals surface area contributed by atoms with Gasteiger partial charge in [-0.3, -0.25) is 20.2 Å². The van der Waals surface area contributed by atoms with E-state index in [0.717, 1.165) is 12.1 Å². The minimum atomic E-state index is -1.01. The zero-order chi connectivity index (χ0) is 20.7. The molecule has 0 bridgehead atoms. The second kappa shape index (κ2) is 9.07. The summed E-state index contributed by atoms with van der Waals surface area (Å²) in [5, 5.41) is 17.6. The highest BCUT2D eigenvalue weighted by Gasteiger charge is 2.19. The summed E-state index contributed by atoms with van der Waals surface area (Å²) in [5.74, 6) is -2.65. The van der Waals surface area contributed by atoms with Gasteiger partial charge in [0.05, 0.1) is 16.2 Å². The first-order valence-corrected chi connectivity index (χ1v) is 7.80. The average molecular weight is 390 g/mol. The van der Waals surface area contributed by atoms with Crippen molar-refractivity contribution in [1.82, 2.24) is 5.32 Å². The van der Waals surface area contributed by atoms with E-state index in [1.165, 1.54) is 37.4 Å². The monoisotopic (exact) mass is 390 g/mol. The number of urea groups is 1. The van der Waals surface area contributed by atoms with Crippen LogP contribution in [0.5, 0.6) is 0 Å². The Balaban J connectivity index is 1.91. The van der Waals surface area contributed by atoms with Gasteiger partial charge in [-0.05, 0) is 24.3 Å². The average Bonchev–Trinajstić information content (AvgIpc) is 2.67. The Morgan fingerprint density at radius 2 is 1.86 bits per heavy atom. The van der Waals surface area contributed by atoms with Crippen LogP contribution in [0.25, 0.3) is 0 Å². The molecule has 10 nitrogen and oxygen atoms in total. The molecule has 0 aliphatic carbocycles. The van der Waals surface area contributed by atoms with Gasteiger partial charge in [-0.25, -0.2) is 14.0 Å². The van der Waals surface area contributed by atoms with Crippen LogP contribution in [0.2, 0.25) is 0 Å². The number of amides is 3. The number of carbonyl (C=O) groups is 3. The molecule has 11 heteroatoms. The Bertz CT molecular complexity index is 934. The quantitative estimate of drug-likeness (QED) is 0.390. The minimum absolute atomic E-state index is 0.137. The highest BCUT2D eigenvalue weighted by atomic mass is 19.1. The Morgan fingerprint density at radius 1 is 1.14 bits per heavy atom. The number of halogens is 1. The van der Waals surface area contributed by atoms with Crippen LogP contribution in [-0.2, 0) is 9.53 Å². The molecule has 0 aliphatic heterocycles. The summed E-state index contributed by atoms with van der Waals surface area (Å²) in [6.45, 7) is -0.814. The van der Waals surface area contributed by atoms with Crippen molar-refractivity contribution in [1.29, 1.82) is 0 Å². The highest BCUT2D eigenvalue weighted by Crippen LogP contribution is 2.25. The molecule has 3 amide bonds. The van der Waals surface area contributed by atoms with E-state index in [0.29, 0.717) is 0 Å². The predicted octanol–water partition coefficient (Wildman–Crippen LogP) is 2.28. The number of imide groups is 1. The zero-order valence-corrected chi connectivity index (χ0v) is 14.5. The lowest BCUT2D eigenvalue weighted by Gasteiger charge is -2.08. The van der Waals surface area contributed by atoms with E-state index in [2.05, 4.69) is 10.6 Å². The maximum Gasteiger partial charge on any atom is 0.338 e. The number of anilines is 2. The maximum absolute atomic E-state index is 13.4. The summed E-state index contributed by atoms with van der Waals surface area (Å²) < 4.78 is 18.1. The topological polar surface area (TPSA) is 140 Å². The molecule has 0 aromatic heterocycles. The van der Waals surface area contributed by atoms with E-state index >= 15 is 0 Å². The van der Waals surface area contributed by atoms with Crippen molar-refractivity contribution >= 4 is 35.0 Å². The SMILES string of the molecule is CNc1ccc(C(=O)OCC(=O)NC(=O)Nc2ccccc2F)cc1[N+](=O)[O-]. The van der Waals surface area contributed by atoms with E-state index in [1.807, 2.05) is 5.32 Å². The van der Waals surface area contributed by atoms with E-state index < -0.39 is 35.3 Å². The third-order valence-electron chi connectivity index (χ3n) is 3.41. The van der Waals surface area contributed by atoms with Crippen LogP contribution in [0.3, 0.4) is 0 Å². The molecule has 0 radical (unpaired) electrons. The van der Waals surface area contributed by atoms with Gasteiger partial charge in [0.25, 0.3) is 11.6 Å². The molecule has 2 aromatic rings. The predicted molar refractivity (Wildman–Crippen MR) is 96.5 cm³/mol. The molecule has 2 rings (SSSR count). The number of para-hydroxylation sites is 1. The number of benzene rings is 2. The number of esters is 1. The fourth-order valence-corrected chi connectivity index (χ4v) is 2.11. The number of carbonyl (C=O) groups excluding carboxylic acids is 3. The summed E-state index contributed by atoms with van der Waals surface area (Å²) in [6.07, 6.45) is 0. The molecular formula is C17H15FN4O6. The van der Waals surface area contributed by atoms with Crippen LogP contribution in [0.4, 0.5) is 26.2 Å². The Kier molecular flexibility index (Phi) is 6.58. The van der Waals surface area contributed by atoms with Gasteiger partial charge in [0.15, 0.2) is 6.61 Å². The van der Waals surface area contributed by atoms with Gasteiger partial charge < -0.3 is 15.4 Å². The first-order valence-electron chi connectivity index (χ1n) is 7.80. The van der Waals surface area contributed by atoms with E-state index in [4.69, 9.17) is 4.74 Å². The maximum atomic E-state index is 13.4. The molecule has 0 fully saturated rings. The van der Waals surface area contributed by atoms with Crippen molar-refractivity contribution in [3.05, 3.63) is 64.0 Å². The van der Waals surface area contributed by atoms with Gasteiger partial charge in [-0.15, -0.1) is 0 Å². The van der Waals surface area contributed by atoms with Crippen molar-refractivity contribution in [2.45, 2.75) is 0 Å². The smallest absolute Gasteiger partial charge is 0.338 e. The molecule has 0 saturated carbocycles. The fourth-order valence-electron chi connectivity index (χ4n) is 2.11. The number of nitro groups is 1. The molecule has 0 atom stereocenters. The first-order chi connectivity index (χ1) is 13.3. The van der Waals surface area contributed by atoms with Gasteiger partial charge in [0, 0.05) is 13.1 Å². The van der Waals surface area contributed by atoms with Crippen LogP contribution < -0.4 is 16.0 Å². The molecule has 2 aromatic carbocycles. The van der Waals surface area contributed by atoms with Crippen molar-refractivity contribution in [3.63, 3.8) is 0 Å². The summed E-state index contributed by atoms with van der Waals surface area (Å²) in [6, 6.07) is 7.91. The molecule has 0 aliphatic rings. The molecule has 0 saturated heterocycles. The fraction of sp³-hybridized carbons (Fsp3) is 0.118. The lowest BCUT2D eigenvalue weighted by molar-refractivity contribution is -0.384. The Morgan fingerprint density at radius 3 is 2.50 bits per heavy atom. The van der Waals surface area contributed by atoms with Gasteiger partial charge >= 0.3 is 12.0 Å². The number of rotatable bonds is 6. The van der Waals surface area contributed by atoms with Gasteiger partial charge in [-0.1, -0.05) is 12.1 Å². The van der Waals surface area contributed by atoms with Gasteiger partial charge in [-0.2, -0.15) is 0 Å². The number of nitrogens with one attached hydrogen (secondary N) is 3. The van der Waals surface area contributed by atoms with Crippen LogP contribution in [0.15, 0.2) is 42.5 Å². The number of nitrogens with zero attached hydrogens (tertiary/aromatic N) is 1. The summed E-state index contributed by atoms with van der Waals surface area (Å²) in [5.41, 5.74) is -0.425. The molecule has 28 heavy (non-hydrogen) atoms. The summed E-state index contributed by atoms with van der Waals surface area (Å²) in [7, 11) is 1.48. The number of nitro benzene ring substituents is 1. The lowest BCUT2D eigenvalue weighted by Crippen LogP contribution is -2.37. The van der Waals surface area contributed by atoms with Crippen molar-refractivity contribution in [3.8, 4) is 0 Å². The minimum Gasteiger partial charge on any atom is -0.452 e. The second-order valence-electron chi connectivity index (χ2n) is 5.30. The van der Waals surface area contributed by atoms with Crippen molar-refractivity contribution in [2.75, 3.05) is 24.3 Å². The zero-order valence-electron chi connectivity index (χ0n) is 14.5. The molecule has 0 unspecified atom stereocenters. The van der Waals surface area contributed by atoms with Crippen molar-refractivity contribution in [2.24, 2.45) is 0 Å². The highest BCUT2D eigenvalue weighted by molar-refractivity contribution is 6.02. The summed E-state index contributed by atoms with van der Waals surface area (Å²) in [4.78, 5) is 45.6. The Hall–Kier alpha value is -4.02. The largest absolute Gasteiger partial charge is 0.452 e. The second-order valence-corrected chi connectivity index (χ2v) is 5.30. The normalized spacial score (nSPS) is 9.93. The van der Waals surface area contributed by atoms with Crippen molar-refractivity contribution < 1.29 is 28.4 Å². The summed E-state index contributed by atoms with van der Waals surface area (Å²) >= 11 is 0. The van der Waals surface area contributed by atoms with E-state index in [-0.39, 0.29) is 22.6 Å². The molecule has 0 heterocycles. The van der Waals surface area contributed by atoms with Gasteiger partial charge in [0.2, 0.25) is 0 Å². The number of hydrogen-bond acceptors (Lipinski definition) is 7. The number of hydrogen-bond donors (Lipinski definition) is 3. The van der Waals surface area contributed by atoms with Crippen LogP contribution in [0.1, 0.15) is 10.4 Å². The molecule has 3 N–H and O–H groups in total. The molecular weight excluding hydrogens is 375 g/mol. The standard InChI is InChI=1S/C17H15FN4O6/c1-19-13-7-6-10(8-14(13)22(26)27)16(24)28-9-15(23)21-17(25)20-12-5-3-2-4-11(12)18/h2-8,19H,9H2,1H3,(H2,20,21,23,25). The van der Waals surface area contributed by atoms with E-state index in [9.17, 15) is 28.9 Å². The first kappa shape index (κ1) is 20.3. The van der Waals surface area contributed by atoms with E-state index in [1.54, 1.807) is 0 Å². The molecule has 146 valence electrons. The number of ether oxygens (including phenoxy) is 1. The van der Waals surface area contributed by atoms with Crippen LogP contribution in [0, 0.1) is 15.9 Å². The van der Waals surface area contributed by atoms with Crippen LogP contribution >= 0.6 is 0 Å². The molecule has 0 spiro atoms. The van der Waals surface area contributed by atoms with Crippen LogP contribution in [-0.4, -0.2) is 36.5 Å². The third-order valence-corrected chi connectivity index (χ3v) is 3.41. The Labute approximate surface area is 157 Å². The lowest BCUT2D eigenvalue weighted by atomic mass is 10.1. The van der Waals surface area contributed by atoms with Gasteiger partial charge in [0.1, 0.15) is 11.5 Å².